The highest BCUT2D eigenvalue weighted by Gasteiger charge is 2.25. The van der Waals surface area contributed by atoms with E-state index < -0.39 is 5.97 Å². The number of hydrogen-bond donors (Lipinski definition) is 2. The van der Waals surface area contributed by atoms with Gasteiger partial charge in [0.1, 0.15) is 4.88 Å². The van der Waals surface area contributed by atoms with Gasteiger partial charge in [0.25, 0.3) is 0 Å². The van der Waals surface area contributed by atoms with Crippen molar-refractivity contribution in [2.45, 2.75) is 43.9 Å². The highest BCUT2D eigenvalue weighted by molar-refractivity contribution is 7.99. The molecule has 1 saturated carbocycles. The largest absolute Gasteiger partial charge is 0.476 e. The van der Waals surface area contributed by atoms with E-state index in [1.165, 1.54) is 19.8 Å². The quantitative estimate of drug-likeness (QED) is 0.813. The molecule has 1 aliphatic rings. The summed E-state index contributed by atoms with van der Waals surface area (Å²) in [5.41, 5.74) is -0.137. The Kier molecular flexibility index (Phi) is 5.04. The van der Waals surface area contributed by atoms with Crippen LogP contribution in [0.3, 0.4) is 0 Å². The molecule has 2 atom stereocenters. The number of aromatic carboxylic acids is 1. The smallest absolute Gasteiger partial charge is 0.356 e. The van der Waals surface area contributed by atoms with Crippen LogP contribution in [0.15, 0.2) is 0 Å². The third-order valence-corrected chi connectivity index (χ3v) is 5.62. The first kappa shape index (κ1) is 15.3. The number of aromatic nitrogens is 1. The number of thioether (sulfide) groups is 1. The minimum absolute atomic E-state index is 0.137. The number of nitrogens with zero attached hydrogens (tertiary/aromatic N) is 1. The molecule has 5 nitrogen and oxygen atoms in total. The summed E-state index contributed by atoms with van der Waals surface area (Å²) >= 11 is 3.01. The van der Waals surface area contributed by atoms with E-state index in [1.807, 2.05) is 11.8 Å². The Hall–Kier alpha value is -1.08. The van der Waals surface area contributed by atoms with Crippen molar-refractivity contribution in [3.8, 4) is 0 Å². The molecule has 1 aliphatic carbocycles. The van der Waals surface area contributed by atoms with Crippen molar-refractivity contribution in [2.24, 2.45) is 0 Å². The predicted molar refractivity (Wildman–Crippen MR) is 82.3 cm³/mol. The van der Waals surface area contributed by atoms with Crippen molar-refractivity contribution in [2.75, 3.05) is 11.6 Å². The van der Waals surface area contributed by atoms with Gasteiger partial charge in [-0.25, -0.2) is 9.78 Å². The van der Waals surface area contributed by atoms with E-state index >= 15 is 0 Å². The number of carbonyl (C=O) groups excluding carboxylic acids is 1. The zero-order chi connectivity index (χ0) is 14.7. The number of carboxylic acids is 1. The van der Waals surface area contributed by atoms with Crippen molar-refractivity contribution in [1.82, 2.24) is 4.98 Å². The number of ketones is 1. The molecule has 2 unspecified atom stereocenters. The van der Waals surface area contributed by atoms with Gasteiger partial charge in [-0.3, -0.25) is 4.79 Å². The summed E-state index contributed by atoms with van der Waals surface area (Å²) in [6.45, 7) is 1.37. The molecule has 2 rings (SSSR count). The molecule has 110 valence electrons. The molecule has 1 aromatic rings. The fourth-order valence-electron chi connectivity index (χ4n) is 2.43. The molecule has 0 aliphatic heterocycles. The topological polar surface area (TPSA) is 79.3 Å². The van der Waals surface area contributed by atoms with E-state index in [1.54, 1.807) is 0 Å². The first-order chi connectivity index (χ1) is 9.51. The van der Waals surface area contributed by atoms with Crippen molar-refractivity contribution in [3.05, 3.63) is 10.6 Å². The summed E-state index contributed by atoms with van der Waals surface area (Å²) in [6.07, 6.45) is 6.63. The van der Waals surface area contributed by atoms with Crippen LogP contribution in [0.2, 0.25) is 0 Å². The van der Waals surface area contributed by atoms with Crippen LogP contribution in [0.25, 0.3) is 0 Å². The molecule has 20 heavy (non-hydrogen) atoms. The molecule has 0 aromatic carbocycles. The first-order valence-electron chi connectivity index (χ1n) is 6.55. The molecular weight excluding hydrogens is 296 g/mol. The van der Waals surface area contributed by atoms with Gasteiger partial charge in [-0.05, 0) is 25.5 Å². The molecule has 0 saturated heterocycles. The van der Waals surface area contributed by atoms with Gasteiger partial charge in [0.15, 0.2) is 16.6 Å². The normalized spacial score (nSPS) is 22.5. The number of rotatable bonds is 5. The van der Waals surface area contributed by atoms with E-state index in [-0.39, 0.29) is 16.4 Å². The highest BCUT2D eigenvalue weighted by Crippen LogP contribution is 2.31. The average molecular weight is 314 g/mol. The third-order valence-electron chi connectivity index (χ3n) is 3.44. The Bertz CT molecular complexity index is 484. The average Bonchev–Trinajstić information content (AvgIpc) is 2.83. The number of anilines is 1. The summed E-state index contributed by atoms with van der Waals surface area (Å²) in [7, 11) is 0. The lowest BCUT2D eigenvalue weighted by Gasteiger charge is -2.28. The Labute approximate surface area is 126 Å². The van der Waals surface area contributed by atoms with Gasteiger partial charge in [-0.2, -0.15) is 11.8 Å². The fraction of sp³-hybridized carbons (Fsp3) is 0.615. The van der Waals surface area contributed by atoms with Gasteiger partial charge >= 0.3 is 5.97 Å². The summed E-state index contributed by atoms with van der Waals surface area (Å²) < 4.78 is 0. The van der Waals surface area contributed by atoms with Crippen LogP contribution in [0.4, 0.5) is 5.13 Å². The van der Waals surface area contributed by atoms with Crippen LogP contribution in [-0.2, 0) is 0 Å². The van der Waals surface area contributed by atoms with Gasteiger partial charge in [0.05, 0.1) is 0 Å². The minimum atomic E-state index is -1.15. The second-order valence-corrected chi connectivity index (χ2v) is 7.06. The standard InChI is InChI=1S/C13H18N2O3S2/c1-7(16)11-10(12(17)18)15-13(20-11)14-8-4-3-5-9(6-8)19-2/h8-9H,3-6H2,1-2H3,(H,14,15)(H,17,18). The second kappa shape index (κ2) is 6.58. The predicted octanol–water partition coefficient (Wildman–Crippen LogP) is 3.13. The van der Waals surface area contributed by atoms with Crippen LogP contribution in [0.5, 0.6) is 0 Å². The van der Waals surface area contributed by atoms with Gasteiger partial charge < -0.3 is 10.4 Å². The zero-order valence-corrected chi connectivity index (χ0v) is 13.1. The summed E-state index contributed by atoms with van der Waals surface area (Å²) in [5.74, 6) is -1.40. The van der Waals surface area contributed by atoms with E-state index in [9.17, 15) is 9.59 Å². The summed E-state index contributed by atoms with van der Waals surface area (Å²) in [5, 5.41) is 13.6. The second-order valence-electron chi connectivity index (χ2n) is 4.92. The van der Waals surface area contributed by atoms with Crippen LogP contribution in [-0.4, -0.2) is 39.4 Å². The van der Waals surface area contributed by atoms with Gasteiger partial charge in [-0.1, -0.05) is 17.8 Å². The van der Waals surface area contributed by atoms with E-state index in [0.29, 0.717) is 16.4 Å². The molecule has 0 spiro atoms. The Balaban J connectivity index is 2.11. The lowest BCUT2D eigenvalue weighted by molar-refractivity contribution is 0.0687. The maximum atomic E-state index is 11.5. The molecular formula is C13H18N2O3S2. The van der Waals surface area contributed by atoms with Crippen LogP contribution < -0.4 is 5.32 Å². The molecule has 1 fully saturated rings. The van der Waals surface area contributed by atoms with Crippen LogP contribution >= 0.6 is 23.1 Å². The minimum Gasteiger partial charge on any atom is -0.476 e. The zero-order valence-electron chi connectivity index (χ0n) is 11.5. The number of carbonyl (C=O) groups is 2. The molecule has 0 bridgehead atoms. The van der Waals surface area contributed by atoms with Gasteiger partial charge in [-0.15, -0.1) is 0 Å². The lowest BCUT2D eigenvalue weighted by Crippen LogP contribution is -2.28. The number of Topliss-reactive ketones (excluding diaryl/α,β-unsaturated/α-hetero) is 1. The molecule has 0 radical (unpaired) electrons. The monoisotopic (exact) mass is 314 g/mol. The SMILES string of the molecule is CSC1CCCC(Nc2nc(C(=O)O)c(C(C)=O)s2)C1. The maximum absolute atomic E-state index is 11.5. The van der Waals surface area contributed by atoms with E-state index in [2.05, 4.69) is 16.6 Å². The van der Waals surface area contributed by atoms with Crippen molar-refractivity contribution < 1.29 is 14.7 Å². The molecule has 0 amide bonds. The van der Waals surface area contributed by atoms with Crippen molar-refractivity contribution in [3.63, 3.8) is 0 Å². The third kappa shape index (κ3) is 3.52. The van der Waals surface area contributed by atoms with Gasteiger partial charge in [0.2, 0.25) is 0 Å². The Morgan fingerprint density at radius 3 is 2.75 bits per heavy atom. The molecule has 1 heterocycles. The lowest BCUT2D eigenvalue weighted by atomic mass is 9.95. The molecule has 7 heteroatoms. The first-order valence-corrected chi connectivity index (χ1v) is 8.66. The molecule has 2 N–H and O–H groups in total. The number of carboxylic acid groups (broad SMARTS) is 1. The van der Waals surface area contributed by atoms with Gasteiger partial charge in [0, 0.05) is 18.2 Å². The van der Waals surface area contributed by atoms with Crippen LogP contribution in [0, 0.1) is 0 Å². The Morgan fingerprint density at radius 1 is 1.45 bits per heavy atom. The summed E-state index contributed by atoms with van der Waals surface area (Å²) in [4.78, 5) is 26.8. The van der Waals surface area contributed by atoms with Crippen molar-refractivity contribution >= 4 is 40.0 Å². The number of hydrogen-bond acceptors (Lipinski definition) is 6. The molecule has 1 aromatic heterocycles. The number of thiazole rings is 1. The number of nitrogens with one attached hydrogen (secondary N) is 1. The maximum Gasteiger partial charge on any atom is 0.356 e. The van der Waals surface area contributed by atoms with E-state index in [0.717, 1.165) is 24.2 Å². The Morgan fingerprint density at radius 2 is 2.20 bits per heavy atom. The fourth-order valence-corrected chi connectivity index (χ4v) is 4.19. The van der Waals surface area contributed by atoms with E-state index in [4.69, 9.17) is 5.11 Å². The highest BCUT2D eigenvalue weighted by atomic mass is 32.2. The van der Waals surface area contributed by atoms with Crippen molar-refractivity contribution in [1.29, 1.82) is 0 Å². The van der Waals surface area contributed by atoms with Crippen LogP contribution in [0.1, 0.15) is 52.8 Å². The summed E-state index contributed by atoms with van der Waals surface area (Å²) in [6, 6.07) is 0.314.